The van der Waals surface area contributed by atoms with Crippen LogP contribution in [0.3, 0.4) is 0 Å². The monoisotopic (exact) mass is 532 g/mol. The Kier molecular flexibility index (Phi) is 9.85. The number of anilines is 1. The fourth-order valence-corrected chi connectivity index (χ4v) is 4.45. The molecule has 3 unspecified atom stereocenters. The van der Waals surface area contributed by atoms with Crippen molar-refractivity contribution in [2.24, 2.45) is 0 Å². The Labute approximate surface area is 227 Å². The van der Waals surface area contributed by atoms with Crippen molar-refractivity contribution < 1.29 is 29.0 Å². The van der Waals surface area contributed by atoms with E-state index in [1.807, 2.05) is 54.6 Å². The van der Waals surface area contributed by atoms with Gasteiger partial charge in [-0.1, -0.05) is 66.7 Å². The topological polar surface area (TPSA) is 130 Å². The molecule has 0 spiro atoms. The van der Waals surface area contributed by atoms with Crippen LogP contribution in [0.25, 0.3) is 0 Å². The van der Waals surface area contributed by atoms with Crippen molar-refractivity contribution in [3.63, 3.8) is 0 Å². The number of hydrogen-bond donors (Lipinski definition) is 3. The van der Waals surface area contributed by atoms with Gasteiger partial charge in [-0.15, -0.1) is 0 Å². The number of aliphatic carboxylic acids is 1. The normalized spacial score (nSPS) is 17.3. The third-order valence-corrected chi connectivity index (χ3v) is 6.37. The zero-order valence-electron chi connectivity index (χ0n) is 21.4. The number of carbonyl (C=O) groups is 3. The number of nitrogens with one attached hydrogen (secondary N) is 2. The summed E-state index contributed by atoms with van der Waals surface area (Å²) in [5.41, 5.74) is 1.58. The Balaban J connectivity index is 1.34. The third-order valence-electron chi connectivity index (χ3n) is 6.37. The highest BCUT2D eigenvalue weighted by atomic mass is 16.6. The van der Waals surface area contributed by atoms with Gasteiger partial charge < -0.3 is 30.1 Å². The van der Waals surface area contributed by atoms with Crippen molar-refractivity contribution in [3.05, 3.63) is 96.2 Å². The maximum atomic E-state index is 13.0. The van der Waals surface area contributed by atoms with Gasteiger partial charge in [0.1, 0.15) is 19.0 Å². The van der Waals surface area contributed by atoms with Gasteiger partial charge in [-0.25, -0.2) is 9.78 Å². The minimum Gasteiger partial charge on any atom is -0.481 e. The van der Waals surface area contributed by atoms with Gasteiger partial charge in [0.05, 0.1) is 31.2 Å². The molecule has 2 heterocycles. The van der Waals surface area contributed by atoms with Crippen molar-refractivity contribution >= 4 is 23.8 Å². The lowest BCUT2D eigenvalue weighted by Crippen LogP contribution is -2.40. The molecule has 1 aromatic heterocycles. The molecule has 3 N–H and O–H groups in total. The van der Waals surface area contributed by atoms with E-state index in [9.17, 15) is 19.5 Å². The molecule has 3 atom stereocenters. The van der Waals surface area contributed by atoms with Crippen LogP contribution in [-0.2, 0) is 25.7 Å². The molecular weight excluding hydrogens is 500 g/mol. The van der Waals surface area contributed by atoms with Crippen molar-refractivity contribution in [1.29, 1.82) is 0 Å². The molecule has 204 valence electrons. The largest absolute Gasteiger partial charge is 0.481 e. The zero-order valence-corrected chi connectivity index (χ0v) is 21.4. The Hall–Kier alpha value is -4.44. The first-order valence-electron chi connectivity index (χ1n) is 12.8. The summed E-state index contributed by atoms with van der Waals surface area (Å²) in [5.74, 6) is -0.767. The summed E-state index contributed by atoms with van der Waals surface area (Å²) < 4.78 is 11.4. The number of likely N-dealkylation sites (tertiary alicyclic amines) is 1. The molecule has 2 amide bonds. The second kappa shape index (κ2) is 13.9. The van der Waals surface area contributed by atoms with E-state index in [0.29, 0.717) is 24.3 Å². The summed E-state index contributed by atoms with van der Waals surface area (Å²) >= 11 is 0. The summed E-state index contributed by atoms with van der Waals surface area (Å²) in [6, 6.07) is 23.0. The van der Waals surface area contributed by atoms with E-state index < -0.39 is 30.1 Å². The van der Waals surface area contributed by atoms with Crippen LogP contribution < -0.4 is 10.6 Å². The zero-order chi connectivity index (χ0) is 27.5. The molecular formula is C29H32N4O6. The SMILES string of the molecule is O=C(O)CC(NC(=O)COC1CC(CNc2ccccn2)N(C(=O)OCc2ccccc2)C1)c1ccccc1. The summed E-state index contributed by atoms with van der Waals surface area (Å²) in [6.07, 6.45) is 1.06. The van der Waals surface area contributed by atoms with Crippen LogP contribution in [-0.4, -0.2) is 64.8 Å². The first-order chi connectivity index (χ1) is 19.0. The molecule has 1 saturated heterocycles. The lowest BCUT2D eigenvalue weighted by atomic mass is 10.0. The second-order valence-corrected chi connectivity index (χ2v) is 9.24. The van der Waals surface area contributed by atoms with E-state index in [1.165, 1.54) is 0 Å². The standard InChI is InChI=1S/C29H32N4O6/c34-27(32-25(16-28(35)36)22-11-5-2-6-12-22)20-38-24-15-23(17-31-26-13-7-8-14-30-26)33(18-24)29(37)39-19-21-9-3-1-4-10-21/h1-14,23-25H,15-20H2,(H,30,31)(H,32,34)(H,35,36). The second-order valence-electron chi connectivity index (χ2n) is 9.24. The van der Waals surface area contributed by atoms with E-state index in [-0.39, 0.29) is 32.2 Å². The summed E-state index contributed by atoms with van der Waals surface area (Å²) in [7, 11) is 0. The number of amides is 2. The maximum absolute atomic E-state index is 13.0. The number of ether oxygens (including phenoxy) is 2. The lowest BCUT2D eigenvalue weighted by molar-refractivity contribution is -0.138. The number of aromatic nitrogens is 1. The quantitative estimate of drug-likeness (QED) is 0.323. The van der Waals surface area contributed by atoms with E-state index in [2.05, 4.69) is 15.6 Å². The van der Waals surface area contributed by atoms with Crippen molar-refractivity contribution in [2.45, 2.75) is 37.6 Å². The molecule has 4 rings (SSSR count). The predicted octanol–water partition coefficient (Wildman–Crippen LogP) is 3.62. The van der Waals surface area contributed by atoms with Gasteiger partial charge in [-0.2, -0.15) is 0 Å². The number of pyridine rings is 1. The van der Waals surface area contributed by atoms with Crippen LogP contribution in [0.4, 0.5) is 10.6 Å². The van der Waals surface area contributed by atoms with E-state index in [1.54, 1.807) is 35.4 Å². The number of carboxylic acids is 1. The van der Waals surface area contributed by atoms with Gasteiger partial charge in [0, 0.05) is 12.7 Å². The maximum Gasteiger partial charge on any atom is 0.410 e. The van der Waals surface area contributed by atoms with Gasteiger partial charge in [-0.05, 0) is 29.7 Å². The average molecular weight is 533 g/mol. The Bertz CT molecular complexity index is 1210. The van der Waals surface area contributed by atoms with E-state index >= 15 is 0 Å². The molecule has 3 aromatic rings. The molecule has 1 fully saturated rings. The minimum absolute atomic E-state index is 0.148. The van der Waals surface area contributed by atoms with Crippen molar-refractivity contribution in [3.8, 4) is 0 Å². The Morgan fingerprint density at radius 3 is 2.41 bits per heavy atom. The molecule has 0 radical (unpaired) electrons. The predicted molar refractivity (Wildman–Crippen MR) is 144 cm³/mol. The molecule has 1 aliphatic rings. The van der Waals surface area contributed by atoms with Gasteiger partial charge >= 0.3 is 12.1 Å². The molecule has 10 heteroatoms. The average Bonchev–Trinajstić information content (AvgIpc) is 3.38. The van der Waals surface area contributed by atoms with Gasteiger partial charge in [0.15, 0.2) is 0 Å². The molecule has 39 heavy (non-hydrogen) atoms. The number of carbonyl (C=O) groups excluding carboxylic acids is 2. The molecule has 10 nitrogen and oxygen atoms in total. The number of rotatable bonds is 12. The van der Waals surface area contributed by atoms with E-state index in [0.717, 1.165) is 5.56 Å². The van der Waals surface area contributed by atoms with Crippen LogP contribution in [0, 0.1) is 0 Å². The highest BCUT2D eigenvalue weighted by Gasteiger charge is 2.37. The van der Waals surface area contributed by atoms with Crippen molar-refractivity contribution in [2.75, 3.05) is 25.0 Å². The first-order valence-corrected chi connectivity index (χ1v) is 12.8. The summed E-state index contributed by atoms with van der Waals surface area (Å²) in [4.78, 5) is 42.9. The Morgan fingerprint density at radius 1 is 1.00 bits per heavy atom. The Morgan fingerprint density at radius 2 is 1.72 bits per heavy atom. The summed E-state index contributed by atoms with van der Waals surface area (Å²) in [5, 5.41) is 15.3. The van der Waals surface area contributed by atoms with Crippen LogP contribution in [0.5, 0.6) is 0 Å². The summed E-state index contributed by atoms with van der Waals surface area (Å²) in [6.45, 7) is 0.570. The number of carboxylic acid groups (broad SMARTS) is 1. The number of benzene rings is 2. The van der Waals surface area contributed by atoms with Crippen molar-refractivity contribution in [1.82, 2.24) is 15.2 Å². The van der Waals surface area contributed by atoms with E-state index in [4.69, 9.17) is 9.47 Å². The van der Waals surface area contributed by atoms with Crippen LogP contribution >= 0.6 is 0 Å². The lowest BCUT2D eigenvalue weighted by Gasteiger charge is -2.24. The third kappa shape index (κ3) is 8.54. The fraction of sp³-hybridized carbons (Fsp3) is 0.310. The first kappa shape index (κ1) is 27.6. The molecule has 2 aromatic carbocycles. The fourth-order valence-electron chi connectivity index (χ4n) is 4.45. The van der Waals surface area contributed by atoms with Gasteiger partial charge in [0.25, 0.3) is 0 Å². The van der Waals surface area contributed by atoms with Gasteiger partial charge in [-0.3, -0.25) is 9.59 Å². The van der Waals surface area contributed by atoms with Gasteiger partial charge in [0.2, 0.25) is 5.91 Å². The van der Waals surface area contributed by atoms with Crippen LogP contribution in [0.15, 0.2) is 85.1 Å². The molecule has 0 saturated carbocycles. The number of nitrogens with zero attached hydrogens (tertiary/aromatic N) is 2. The highest BCUT2D eigenvalue weighted by molar-refractivity contribution is 5.79. The molecule has 0 bridgehead atoms. The number of hydrogen-bond acceptors (Lipinski definition) is 7. The van der Waals surface area contributed by atoms with Crippen LogP contribution in [0.2, 0.25) is 0 Å². The highest BCUT2D eigenvalue weighted by Crippen LogP contribution is 2.23. The minimum atomic E-state index is -1.02. The smallest absolute Gasteiger partial charge is 0.410 e. The van der Waals surface area contributed by atoms with Crippen LogP contribution in [0.1, 0.15) is 30.0 Å². The molecule has 0 aliphatic carbocycles. The molecule has 1 aliphatic heterocycles.